The summed E-state index contributed by atoms with van der Waals surface area (Å²) in [6.45, 7) is 1.28. The molecule has 102 valence electrons. The van der Waals surface area contributed by atoms with E-state index < -0.39 is 0 Å². The van der Waals surface area contributed by atoms with Crippen molar-refractivity contribution in [3.63, 3.8) is 0 Å². The lowest BCUT2D eigenvalue weighted by Gasteiger charge is -2.25. The van der Waals surface area contributed by atoms with Crippen molar-refractivity contribution in [2.45, 2.75) is 44.6 Å². The normalized spacial score (nSPS) is 23.2. The van der Waals surface area contributed by atoms with Crippen LogP contribution in [0.3, 0.4) is 0 Å². The molecule has 0 radical (unpaired) electrons. The van der Waals surface area contributed by atoms with Gasteiger partial charge in [0.25, 0.3) is 0 Å². The fraction of sp³-hybridized carbons (Fsp3) is 0.846. The predicted molar refractivity (Wildman–Crippen MR) is 73.5 cm³/mol. The number of carbonyl (C=O) groups is 2. The monoisotopic (exact) mass is 270 g/mol. The molecule has 0 aromatic carbocycles. The van der Waals surface area contributed by atoms with Gasteiger partial charge >= 0.3 is 0 Å². The summed E-state index contributed by atoms with van der Waals surface area (Å²) >= 11 is 1.42. The van der Waals surface area contributed by atoms with Gasteiger partial charge in [0, 0.05) is 19.1 Å². The van der Waals surface area contributed by atoms with Crippen molar-refractivity contribution in [2.75, 3.05) is 24.6 Å². The number of rotatable bonds is 4. The Bertz CT molecular complexity index is 285. The van der Waals surface area contributed by atoms with Crippen LogP contribution in [0.1, 0.15) is 38.5 Å². The average molecular weight is 270 g/mol. The zero-order chi connectivity index (χ0) is 12.8. The van der Waals surface area contributed by atoms with Gasteiger partial charge in [-0.15, -0.1) is 11.8 Å². The third-order valence-electron chi connectivity index (χ3n) is 3.68. The minimum absolute atomic E-state index is 0.0288. The molecule has 1 N–H and O–H groups in total. The molecule has 4 nitrogen and oxygen atoms in total. The molecule has 2 rings (SSSR count). The van der Waals surface area contributed by atoms with E-state index in [1.54, 1.807) is 0 Å². The van der Waals surface area contributed by atoms with Crippen molar-refractivity contribution < 1.29 is 9.59 Å². The molecule has 5 heteroatoms. The largest absolute Gasteiger partial charge is 0.312 e. The van der Waals surface area contributed by atoms with Gasteiger partial charge in [-0.25, -0.2) is 0 Å². The molecule has 1 aliphatic heterocycles. The molecule has 0 aromatic heterocycles. The molecule has 1 saturated carbocycles. The lowest BCUT2D eigenvalue weighted by atomic mass is 10.1. The van der Waals surface area contributed by atoms with Gasteiger partial charge in [-0.1, -0.05) is 25.7 Å². The van der Waals surface area contributed by atoms with Crippen molar-refractivity contribution in [3.8, 4) is 0 Å². The lowest BCUT2D eigenvalue weighted by Crippen LogP contribution is -2.47. The van der Waals surface area contributed by atoms with Gasteiger partial charge in [0.2, 0.25) is 11.8 Å². The van der Waals surface area contributed by atoms with E-state index in [1.165, 1.54) is 55.2 Å². The summed E-state index contributed by atoms with van der Waals surface area (Å²) in [5.41, 5.74) is 0. The van der Waals surface area contributed by atoms with E-state index in [-0.39, 0.29) is 11.8 Å². The first-order chi connectivity index (χ1) is 8.77. The highest BCUT2D eigenvalue weighted by Gasteiger charge is 2.25. The van der Waals surface area contributed by atoms with Crippen LogP contribution < -0.4 is 5.32 Å². The standard InChI is InChI=1S/C13H22N2O2S/c16-12-9-18-10-13(17)15(12)8-7-14-11-5-3-1-2-4-6-11/h11,14H,1-10H2. The molecule has 0 spiro atoms. The summed E-state index contributed by atoms with van der Waals surface area (Å²) in [5, 5.41) is 3.50. The topological polar surface area (TPSA) is 49.4 Å². The van der Waals surface area contributed by atoms with Crippen molar-refractivity contribution >= 4 is 23.6 Å². The molecule has 0 atom stereocenters. The second kappa shape index (κ2) is 7.14. The molecule has 1 heterocycles. The molecular formula is C13H22N2O2S. The van der Waals surface area contributed by atoms with E-state index >= 15 is 0 Å². The number of nitrogens with one attached hydrogen (secondary N) is 1. The fourth-order valence-electron chi connectivity index (χ4n) is 2.63. The number of carbonyl (C=O) groups excluding carboxylic acids is 2. The van der Waals surface area contributed by atoms with E-state index in [0.717, 1.165) is 6.54 Å². The molecule has 2 aliphatic rings. The van der Waals surface area contributed by atoms with Crippen LogP contribution in [-0.4, -0.2) is 47.4 Å². The SMILES string of the molecule is O=C1CSCC(=O)N1CCNC1CCCCCC1. The number of nitrogens with zero attached hydrogens (tertiary/aromatic N) is 1. The molecule has 18 heavy (non-hydrogen) atoms. The van der Waals surface area contributed by atoms with Crippen LogP contribution in [0.5, 0.6) is 0 Å². The van der Waals surface area contributed by atoms with Gasteiger partial charge in [-0.2, -0.15) is 0 Å². The molecule has 0 unspecified atom stereocenters. The first-order valence-electron chi connectivity index (χ1n) is 6.91. The first-order valence-corrected chi connectivity index (χ1v) is 8.07. The number of imide groups is 1. The Hall–Kier alpha value is -0.550. The van der Waals surface area contributed by atoms with Gasteiger partial charge < -0.3 is 5.32 Å². The zero-order valence-corrected chi connectivity index (χ0v) is 11.6. The van der Waals surface area contributed by atoms with E-state index in [1.807, 2.05) is 0 Å². The van der Waals surface area contributed by atoms with E-state index in [0.29, 0.717) is 24.1 Å². The van der Waals surface area contributed by atoms with Crippen LogP contribution in [0.15, 0.2) is 0 Å². The smallest absolute Gasteiger partial charge is 0.239 e. The molecule has 1 saturated heterocycles. The Kier molecular flexibility index (Phi) is 5.50. The molecular weight excluding hydrogens is 248 g/mol. The Balaban J connectivity index is 1.70. The highest BCUT2D eigenvalue weighted by molar-refractivity contribution is 8.00. The average Bonchev–Trinajstić information content (AvgIpc) is 2.61. The summed E-state index contributed by atoms with van der Waals surface area (Å²) in [4.78, 5) is 24.6. The molecule has 0 aromatic rings. The maximum atomic E-state index is 11.6. The van der Waals surface area contributed by atoms with Gasteiger partial charge in [0.15, 0.2) is 0 Å². The maximum Gasteiger partial charge on any atom is 0.239 e. The van der Waals surface area contributed by atoms with Gasteiger partial charge in [0.05, 0.1) is 11.5 Å². The number of thioether (sulfide) groups is 1. The molecule has 1 aliphatic carbocycles. The molecule has 2 fully saturated rings. The number of amides is 2. The zero-order valence-electron chi connectivity index (χ0n) is 10.8. The minimum atomic E-state index is -0.0288. The highest BCUT2D eigenvalue weighted by atomic mass is 32.2. The third kappa shape index (κ3) is 3.99. The van der Waals surface area contributed by atoms with Crippen LogP contribution in [0.2, 0.25) is 0 Å². The van der Waals surface area contributed by atoms with Crippen LogP contribution in [-0.2, 0) is 9.59 Å². The summed E-state index contributed by atoms with van der Waals surface area (Å²) in [5.74, 6) is 0.850. The first kappa shape index (κ1) is 13.9. The van der Waals surface area contributed by atoms with Gasteiger partial charge in [-0.05, 0) is 12.8 Å². The van der Waals surface area contributed by atoms with Crippen molar-refractivity contribution in [3.05, 3.63) is 0 Å². The minimum Gasteiger partial charge on any atom is -0.312 e. The second-order valence-corrected chi connectivity index (χ2v) is 6.06. The molecule has 0 bridgehead atoms. The van der Waals surface area contributed by atoms with E-state index in [9.17, 15) is 9.59 Å². The lowest BCUT2D eigenvalue weighted by molar-refractivity contribution is -0.142. The van der Waals surface area contributed by atoms with Crippen LogP contribution in [0, 0.1) is 0 Å². The summed E-state index contributed by atoms with van der Waals surface area (Å²) < 4.78 is 0. The predicted octanol–water partition coefficient (Wildman–Crippen LogP) is 1.40. The Morgan fingerprint density at radius 2 is 1.67 bits per heavy atom. The van der Waals surface area contributed by atoms with Crippen molar-refractivity contribution in [1.82, 2.24) is 10.2 Å². The fourth-order valence-corrected chi connectivity index (χ4v) is 3.40. The quantitative estimate of drug-likeness (QED) is 0.620. The van der Waals surface area contributed by atoms with Crippen molar-refractivity contribution in [1.29, 1.82) is 0 Å². The number of hydrogen-bond donors (Lipinski definition) is 1. The Morgan fingerprint density at radius 1 is 1.06 bits per heavy atom. The van der Waals surface area contributed by atoms with Crippen LogP contribution in [0.25, 0.3) is 0 Å². The highest BCUT2D eigenvalue weighted by Crippen LogP contribution is 2.17. The van der Waals surface area contributed by atoms with Crippen LogP contribution >= 0.6 is 11.8 Å². The van der Waals surface area contributed by atoms with Crippen LogP contribution in [0.4, 0.5) is 0 Å². The van der Waals surface area contributed by atoms with Gasteiger partial charge in [0.1, 0.15) is 0 Å². The maximum absolute atomic E-state index is 11.6. The third-order valence-corrected chi connectivity index (χ3v) is 4.58. The van der Waals surface area contributed by atoms with E-state index in [4.69, 9.17) is 0 Å². The van der Waals surface area contributed by atoms with Gasteiger partial charge in [-0.3, -0.25) is 14.5 Å². The summed E-state index contributed by atoms with van der Waals surface area (Å²) in [6, 6.07) is 0.580. The van der Waals surface area contributed by atoms with E-state index in [2.05, 4.69) is 5.32 Å². The summed E-state index contributed by atoms with van der Waals surface area (Å²) in [7, 11) is 0. The van der Waals surface area contributed by atoms with Crippen molar-refractivity contribution in [2.24, 2.45) is 0 Å². The number of hydrogen-bond acceptors (Lipinski definition) is 4. The Labute approximate surface area is 113 Å². The molecule has 2 amide bonds. The Morgan fingerprint density at radius 3 is 2.28 bits per heavy atom. The second-order valence-electron chi connectivity index (χ2n) is 5.07. The summed E-state index contributed by atoms with van der Waals surface area (Å²) in [6.07, 6.45) is 7.76.